The van der Waals surface area contributed by atoms with Crippen LogP contribution in [0.1, 0.15) is 37.0 Å². The van der Waals surface area contributed by atoms with Crippen molar-refractivity contribution in [2.24, 2.45) is 0 Å². The van der Waals surface area contributed by atoms with Gasteiger partial charge in [0.25, 0.3) is 11.6 Å². The maximum Gasteiger partial charge on any atom is 0.270 e. The van der Waals surface area contributed by atoms with Crippen molar-refractivity contribution in [1.29, 1.82) is 0 Å². The second-order valence-electron chi connectivity index (χ2n) is 4.38. The average Bonchev–Trinajstić information content (AvgIpc) is 2.46. The molecule has 0 N–H and O–H groups in total. The van der Waals surface area contributed by atoms with E-state index in [0.29, 0.717) is 18.8 Å². The van der Waals surface area contributed by atoms with Crippen molar-refractivity contribution in [1.82, 2.24) is 4.90 Å². The van der Waals surface area contributed by atoms with E-state index in [2.05, 4.69) is 0 Å². The SMILES string of the molecule is CCCCN(CC)C(=O)c1cc([N+](=O)[O-])ccc1OC. The van der Waals surface area contributed by atoms with Crippen molar-refractivity contribution in [2.75, 3.05) is 20.2 Å². The smallest absolute Gasteiger partial charge is 0.270 e. The summed E-state index contributed by atoms with van der Waals surface area (Å²) >= 11 is 0. The number of carbonyl (C=O) groups excluding carboxylic acids is 1. The lowest BCUT2D eigenvalue weighted by Crippen LogP contribution is -2.32. The number of nitro groups is 1. The van der Waals surface area contributed by atoms with E-state index in [1.807, 2.05) is 13.8 Å². The number of amides is 1. The predicted molar refractivity (Wildman–Crippen MR) is 76.1 cm³/mol. The Kier molecular flexibility index (Phi) is 5.96. The van der Waals surface area contributed by atoms with E-state index < -0.39 is 4.92 Å². The molecular formula is C14H20N2O4. The highest BCUT2D eigenvalue weighted by Crippen LogP contribution is 2.25. The number of rotatable bonds is 7. The average molecular weight is 280 g/mol. The molecule has 0 aliphatic rings. The molecule has 0 unspecified atom stereocenters. The van der Waals surface area contributed by atoms with Gasteiger partial charge in [0.05, 0.1) is 17.6 Å². The number of ether oxygens (including phenoxy) is 1. The van der Waals surface area contributed by atoms with Gasteiger partial charge >= 0.3 is 0 Å². The van der Waals surface area contributed by atoms with Crippen LogP contribution >= 0.6 is 0 Å². The number of carbonyl (C=O) groups is 1. The highest BCUT2D eigenvalue weighted by molar-refractivity contribution is 5.97. The van der Waals surface area contributed by atoms with Crippen LogP contribution in [0.5, 0.6) is 5.75 Å². The zero-order chi connectivity index (χ0) is 15.1. The van der Waals surface area contributed by atoms with Crippen LogP contribution in [0.4, 0.5) is 5.69 Å². The van der Waals surface area contributed by atoms with Gasteiger partial charge in [-0.2, -0.15) is 0 Å². The summed E-state index contributed by atoms with van der Waals surface area (Å²) in [4.78, 5) is 24.4. The van der Waals surface area contributed by atoms with Gasteiger partial charge in [-0.15, -0.1) is 0 Å². The first-order chi connectivity index (χ1) is 9.54. The Morgan fingerprint density at radius 2 is 2.10 bits per heavy atom. The maximum atomic E-state index is 12.5. The third kappa shape index (κ3) is 3.69. The van der Waals surface area contributed by atoms with Crippen molar-refractivity contribution in [2.45, 2.75) is 26.7 Å². The van der Waals surface area contributed by atoms with Crippen LogP contribution in [-0.4, -0.2) is 35.9 Å². The molecule has 0 atom stereocenters. The molecule has 0 aliphatic heterocycles. The summed E-state index contributed by atoms with van der Waals surface area (Å²) < 4.78 is 5.13. The van der Waals surface area contributed by atoms with E-state index in [9.17, 15) is 14.9 Å². The largest absolute Gasteiger partial charge is 0.496 e. The van der Waals surface area contributed by atoms with Gasteiger partial charge in [0.1, 0.15) is 5.75 Å². The van der Waals surface area contributed by atoms with E-state index in [4.69, 9.17) is 4.74 Å². The number of nitrogens with zero attached hydrogens (tertiary/aromatic N) is 2. The third-order valence-corrected chi connectivity index (χ3v) is 3.07. The van der Waals surface area contributed by atoms with Crippen molar-refractivity contribution >= 4 is 11.6 Å². The summed E-state index contributed by atoms with van der Waals surface area (Å²) in [6.07, 6.45) is 1.88. The highest BCUT2D eigenvalue weighted by atomic mass is 16.6. The number of methoxy groups -OCH3 is 1. The number of unbranched alkanes of at least 4 members (excludes halogenated alkanes) is 1. The molecule has 0 aliphatic carbocycles. The molecule has 0 fully saturated rings. The summed E-state index contributed by atoms with van der Waals surface area (Å²) in [5, 5.41) is 10.8. The van der Waals surface area contributed by atoms with Crippen LogP contribution in [0, 0.1) is 10.1 Å². The standard InChI is InChI=1S/C14H20N2O4/c1-4-6-9-15(5-2)14(17)12-10-11(16(18)19)7-8-13(12)20-3/h7-8,10H,4-6,9H2,1-3H3. The van der Waals surface area contributed by atoms with E-state index in [1.54, 1.807) is 4.90 Å². The number of benzene rings is 1. The fourth-order valence-electron chi connectivity index (χ4n) is 1.90. The molecular weight excluding hydrogens is 260 g/mol. The Labute approximate surface area is 118 Å². The number of hydrogen-bond acceptors (Lipinski definition) is 4. The van der Waals surface area contributed by atoms with Crippen molar-refractivity contribution in [3.63, 3.8) is 0 Å². The molecule has 1 aromatic carbocycles. The Hall–Kier alpha value is -2.11. The summed E-state index contributed by atoms with van der Waals surface area (Å²) in [5.41, 5.74) is 0.125. The Balaban J connectivity index is 3.10. The van der Waals surface area contributed by atoms with E-state index in [0.717, 1.165) is 12.8 Å². The molecule has 0 radical (unpaired) electrons. The van der Waals surface area contributed by atoms with Gasteiger partial charge in [-0.3, -0.25) is 14.9 Å². The molecule has 1 rings (SSSR count). The molecule has 0 saturated heterocycles. The van der Waals surface area contributed by atoms with Crippen molar-refractivity contribution < 1.29 is 14.5 Å². The van der Waals surface area contributed by atoms with Crippen LogP contribution in [-0.2, 0) is 0 Å². The summed E-state index contributed by atoms with van der Waals surface area (Å²) in [6.45, 7) is 5.13. The van der Waals surface area contributed by atoms with Gasteiger partial charge in [0, 0.05) is 25.2 Å². The van der Waals surface area contributed by atoms with Crippen LogP contribution in [0.3, 0.4) is 0 Å². The highest BCUT2D eigenvalue weighted by Gasteiger charge is 2.21. The first kappa shape index (κ1) is 15.9. The summed E-state index contributed by atoms with van der Waals surface area (Å²) in [7, 11) is 1.44. The minimum absolute atomic E-state index is 0.110. The molecule has 110 valence electrons. The number of non-ortho nitro benzene ring substituents is 1. The van der Waals surface area contributed by atoms with Crippen molar-refractivity contribution in [3.05, 3.63) is 33.9 Å². The fraction of sp³-hybridized carbons (Fsp3) is 0.500. The lowest BCUT2D eigenvalue weighted by Gasteiger charge is -2.21. The Morgan fingerprint density at radius 3 is 2.60 bits per heavy atom. The molecule has 6 heteroatoms. The third-order valence-electron chi connectivity index (χ3n) is 3.07. The Morgan fingerprint density at radius 1 is 1.40 bits per heavy atom. The molecule has 1 aromatic rings. The van der Waals surface area contributed by atoms with E-state index in [1.165, 1.54) is 25.3 Å². The molecule has 20 heavy (non-hydrogen) atoms. The van der Waals surface area contributed by atoms with Crippen LogP contribution < -0.4 is 4.74 Å². The molecule has 0 spiro atoms. The second kappa shape index (κ2) is 7.47. The molecule has 0 saturated carbocycles. The number of nitro benzene ring substituents is 1. The Bertz CT molecular complexity index is 488. The monoisotopic (exact) mass is 280 g/mol. The zero-order valence-corrected chi connectivity index (χ0v) is 12.1. The van der Waals surface area contributed by atoms with Crippen LogP contribution in [0.2, 0.25) is 0 Å². The fourth-order valence-corrected chi connectivity index (χ4v) is 1.90. The van der Waals surface area contributed by atoms with E-state index in [-0.39, 0.29) is 17.2 Å². The van der Waals surface area contributed by atoms with Crippen LogP contribution in [0.25, 0.3) is 0 Å². The maximum absolute atomic E-state index is 12.5. The first-order valence-corrected chi connectivity index (χ1v) is 6.66. The van der Waals surface area contributed by atoms with Gasteiger partial charge in [-0.1, -0.05) is 13.3 Å². The van der Waals surface area contributed by atoms with Gasteiger partial charge in [0.2, 0.25) is 0 Å². The molecule has 0 heterocycles. The number of hydrogen-bond donors (Lipinski definition) is 0. The van der Waals surface area contributed by atoms with Crippen molar-refractivity contribution in [3.8, 4) is 5.75 Å². The van der Waals surface area contributed by atoms with Gasteiger partial charge in [-0.25, -0.2) is 0 Å². The molecule has 1 amide bonds. The summed E-state index contributed by atoms with van der Waals surface area (Å²) in [6, 6.07) is 4.06. The van der Waals surface area contributed by atoms with Gasteiger partial charge < -0.3 is 9.64 Å². The molecule has 6 nitrogen and oxygen atoms in total. The predicted octanol–water partition coefficient (Wildman–Crippen LogP) is 2.87. The lowest BCUT2D eigenvalue weighted by molar-refractivity contribution is -0.384. The first-order valence-electron chi connectivity index (χ1n) is 6.66. The molecule has 0 bridgehead atoms. The normalized spacial score (nSPS) is 10.2. The second-order valence-corrected chi connectivity index (χ2v) is 4.38. The molecule has 0 aromatic heterocycles. The summed E-state index contributed by atoms with van der Waals surface area (Å²) in [5.74, 6) is 0.122. The van der Waals surface area contributed by atoms with Crippen LogP contribution in [0.15, 0.2) is 18.2 Å². The zero-order valence-electron chi connectivity index (χ0n) is 12.1. The van der Waals surface area contributed by atoms with E-state index >= 15 is 0 Å². The minimum atomic E-state index is -0.515. The lowest BCUT2D eigenvalue weighted by atomic mass is 10.1. The van der Waals surface area contributed by atoms with Gasteiger partial charge in [-0.05, 0) is 19.4 Å². The van der Waals surface area contributed by atoms with Gasteiger partial charge in [0.15, 0.2) is 0 Å². The quantitative estimate of drug-likeness (QED) is 0.568. The topological polar surface area (TPSA) is 72.7 Å². The minimum Gasteiger partial charge on any atom is -0.496 e.